The largest absolute Gasteiger partial charge is 0.432 e. The number of allylic oxidation sites excluding steroid dienone is 2. The first kappa shape index (κ1) is 50.9. The van der Waals surface area contributed by atoms with Crippen LogP contribution in [-0.4, -0.2) is 192 Å². The molecule has 24 atom stereocenters. The van der Waals surface area contributed by atoms with Gasteiger partial charge in [-0.15, -0.1) is 0 Å². The summed E-state index contributed by atoms with van der Waals surface area (Å²) in [6.45, 7) is 11.1. The van der Waals surface area contributed by atoms with Crippen molar-refractivity contribution in [2.24, 2.45) is 50.2 Å². The number of hydrogen-bond donors (Lipinski definition) is 12. The minimum absolute atomic E-state index is 0.0345. The van der Waals surface area contributed by atoms with Crippen molar-refractivity contribution in [3.8, 4) is 0 Å². The van der Waals surface area contributed by atoms with Crippen LogP contribution in [0, 0.1) is 50.2 Å². The maximum absolute atomic E-state index is 15.4. The average molecular weight is 945 g/mol. The number of esters is 1. The van der Waals surface area contributed by atoms with Gasteiger partial charge in [0.25, 0.3) is 0 Å². The van der Waals surface area contributed by atoms with Crippen LogP contribution < -0.4 is 0 Å². The van der Waals surface area contributed by atoms with Gasteiger partial charge in [-0.1, -0.05) is 53.2 Å². The Hall–Kier alpha value is -1.47. The lowest BCUT2D eigenvalue weighted by Crippen LogP contribution is -2.68. The van der Waals surface area contributed by atoms with E-state index < -0.39 is 139 Å². The maximum Gasteiger partial charge on any atom is 0.315 e. The van der Waals surface area contributed by atoms with E-state index in [2.05, 4.69) is 40.7 Å². The molecule has 7 fully saturated rings. The van der Waals surface area contributed by atoms with Gasteiger partial charge in [0.15, 0.2) is 18.7 Å². The smallest absolute Gasteiger partial charge is 0.315 e. The van der Waals surface area contributed by atoms with E-state index in [4.69, 9.17) is 28.4 Å². The maximum atomic E-state index is 15.4. The Kier molecular flexibility index (Phi) is 13.9. The third kappa shape index (κ3) is 7.86. The second-order valence-electron chi connectivity index (χ2n) is 23.1. The van der Waals surface area contributed by atoms with Gasteiger partial charge >= 0.3 is 5.97 Å². The number of aliphatic hydroxyl groups is 12. The molecule has 0 bridgehead atoms. The van der Waals surface area contributed by atoms with Crippen LogP contribution in [0.25, 0.3) is 0 Å². The molecular weight excluding hydrogens is 868 g/mol. The Morgan fingerprint density at radius 3 is 2.03 bits per heavy atom. The van der Waals surface area contributed by atoms with Crippen molar-refractivity contribution in [1.29, 1.82) is 0 Å². The standard InChI is InChI=1S/C47H76O19/c1-42(2)11-13-47(14-12-45(5)21(22(47)15-42)7-8-28-43(3)16-23(50)37(59)44(4,20-49)27(43)9-10-46(28,45)6)41(60)66-40-36(65-39-35(58)32(55)30(53)25(17-48)63-39)33(56)31(54)26(64-40)19-62-38-34(57)29(52)24(51)18-61-38/h7,22-40,48-59H,8-20H2,1-6H3/t22-,23-,24+,25+,26+,27+,28+,29-,30+,31+,32-,33-,34+,35+,36+,37-,38-,39-,40-,43-,44-,45+,46+,47-/m0/s1. The summed E-state index contributed by atoms with van der Waals surface area (Å²) in [6, 6.07) is 0. The topological polar surface area (TPSA) is 315 Å². The first-order valence-corrected chi connectivity index (χ1v) is 24.0. The highest BCUT2D eigenvalue weighted by atomic mass is 16.8. The molecule has 0 unspecified atom stereocenters. The van der Waals surface area contributed by atoms with Crippen LogP contribution in [0.3, 0.4) is 0 Å². The average Bonchev–Trinajstić information content (AvgIpc) is 3.27. The van der Waals surface area contributed by atoms with Gasteiger partial charge in [0.1, 0.15) is 61.0 Å². The summed E-state index contributed by atoms with van der Waals surface area (Å²) in [5.41, 5.74) is -2.06. The van der Waals surface area contributed by atoms with Crippen molar-refractivity contribution in [3.05, 3.63) is 11.6 Å². The molecule has 66 heavy (non-hydrogen) atoms. The lowest BCUT2D eigenvalue weighted by molar-refractivity contribution is -0.367. The van der Waals surface area contributed by atoms with E-state index in [0.29, 0.717) is 44.9 Å². The molecule has 12 N–H and O–H groups in total. The quantitative estimate of drug-likeness (QED) is 0.0947. The predicted molar refractivity (Wildman–Crippen MR) is 227 cm³/mol. The Morgan fingerprint density at radius 2 is 1.35 bits per heavy atom. The van der Waals surface area contributed by atoms with E-state index in [9.17, 15) is 61.3 Å². The molecule has 3 heterocycles. The van der Waals surface area contributed by atoms with Crippen molar-refractivity contribution in [1.82, 2.24) is 0 Å². The van der Waals surface area contributed by atoms with Gasteiger partial charge in [-0.25, -0.2) is 0 Å². The zero-order chi connectivity index (χ0) is 48.3. The predicted octanol–water partition coefficient (Wildman–Crippen LogP) is -1.28. The number of fused-ring (bicyclic) bond motifs is 7. The number of carbonyl (C=O) groups is 1. The third-order valence-electron chi connectivity index (χ3n) is 19.0. The van der Waals surface area contributed by atoms with E-state index in [1.165, 1.54) is 5.57 Å². The molecule has 8 rings (SSSR count). The molecule has 0 aromatic carbocycles. The van der Waals surface area contributed by atoms with Gasteiger partial charge in [-0.3, -0.25) is 4.79 Å². The number of hydrogen-bond acceptors (Lipinski definition) is 19. The lowest BCUT2D eigenvalue weighted by atomic mass is 9.33. The van der Waals surface area contributed by atoms with Crippen LogP contribution in [-0.2, 0) is 33.2 Å². The number of ether oxygens (including phenoxy) is 6. The van der Waals surface area contributed by atoms with Gasteiger partial charge in [-0.05, 0) is 97.2 Å². The molecule has 19 nitrogen and oxygen atoms in total. The molecule has 378 valence electrons. The van der Waals surface area contributed by atoms with Gasteiger partial charge in [0, 0.05) is 5.41 Å². The second kappa shape index (κ2) is 18.0. The second-order valence-corrected chi connectivity index (χ2v) is 23.1. The third-order valence-corrected chi connectivity index (χ3v) is 19.0. The van der Waals surface area contributed by atoms with Gasteiger partial charge in [0.2, 0.25) is 6.29 Å². The van der Waals surface area contributed by atoms with E-state index in [1.54, 1.807) is 0 Å². The fraction of sp³-hybridized carbons (Fsp3) is 0.936. The van der Waals surface area contributed by atoms with Crippen molar-refractivity contribution in [2.75, 3.05) is 26.4 Å². The van der Waals surface area contributed by atoms with Crippen molar-refractivity contribution >= 4 is 5.97 Å². The van der Waals surface area contributed by atoms with Crippen molar-refractivity contribution in [3.63, 3.8) is 0 Å². The first-order valence-electron chi connectivity index (χ1n) is 24.0. The summed E-state index contributed by atoms with van der Waals surface area (Å²) in [5.74, 6) is -0.881. The van der Waals surface area contributed by atoms with Crippen molar-refractivity contribution < 1.29 is 94.5 Å². The zero-order valence-electron chi connectivity index (χ0n) is 39.0. The minimum Gasteiger partial charge on any atom is -0.432 e. The van der Waals surface area contributed by atoms with Crippen LogP contribution in [0.5, 0.6) is 0 Å². The van der Waals surface area contributed by atoms with Crippen LogP contribution in [0.1, 0.15) is 99.3 Å². The van der Waals surface area contributed by atoms with Crippen molar-refractivity contribution in [2.45, 2.75) is 198 Å². The summed E-state index contributed by atoms with van der Waals surface area (Å²) in [6.07, 6.45) is -18.0. The van der Waals surface area contributed by atoms with Crippen LogP contribution >= 0.6 is 0 Å². The van der Waals surface area contributed by atoms with E-state index in [0.717, 1.165) is 12.8 Å². The molecular formula is C47H76O19. The summed E-state index contributed by atoms with van der Waals surface area (Å²) >= 11 is 0. The fourth-order valence-electron chi connectivity index (χ4n) is 14.7. The fourth-order valence-corrected chi connectivity index (χ4v) is 14.7. The highest BCUT2D eigenvalue weighted by molar-refractivity contribution is 5.79. The summed E-state index contributed by atoms with van der Waals surface area (Å²) in [4.78, 5) is 15.4. The summed E-state index contributed by atoms with van der Waals surface area (Å²) in [5, 5.41) is 129. The monoisotopic (exact) mass is 944 g/mol. The van der Waals surface area contributed by atoms with Crippen LogP contribution in [0.15, 0.2) is 11.6 Å². The SMILES string of the molecule is CC1(C)CC[C@]2(C(=O)O[C@@H]3O[C@H](CO[C@@H]4OC[C@@H](O)[C@H](O)[C@H]4O)[C@@H](O)[C@H](O)[C@H]3O[C@@H]3O[C@H](CO)[C@@H](O)[C@H](O)[C@H]3O)CC[C@]3(C)C(=CC[C@@H]4[C@@]5(C)C[C@H](O)[C@H](O)[C@@](C)(CO)[C@@H]5CC[C@]43C)[C@@H]2C1. The Labute approximate surface area is 385 Å². The molecule has 0 aromatic heterocycles. The molecule has 0 radical (unpaired) electrons. The lowest BCUT2D eigenvalue weighted by Gasteiger charge is -2.71. The molecule has 0 amide bonds. The normalized spacial score (nSPS) is 54.8. The Bertz CT molecular complexity index is 1800. The van der Waals surface area contributed by atoms with Crippen LogP contribution in [0.4, 0.5) is 0 Å². The molecule has 3 aliphatic heterocycles. The molecule has 19 heteroatoms. The summed E-state index contributed by atoms with van der Waals surface area (Å²) in [7, 11) is 0. The van der Waals surface area contributed by atoms with E-state index in [1.807, 2.05) is 6.92 Å². The van der Waals surface area contributed by atoms with Gasteiger partial charge < -0.3 is 89.7 Å². The molecule has 0 spiro atoms. The molecule has 8 aliphatic rings. The molecule has 0 aromatic rings. The Morgan fingerprint density at radius 1 is 0.697 bits per heavy atom. The number of carbonyl (C=O) groups excluding carboxylic acids is 1. The summed E-state index contributed by atoms with van der Waals surface area (Å²) < 4.78 is 35.2. The minimum atomic E-state index is -1.93. The number of rotatable bonds is 9. The highest BCUT2D eigenvalue weighted by Gasteiger charge is 2.71. The Balaban J connectivity index is 1.11. The number of aliphatic hydroxyl groups excluding tert-OH is 12. The van der Waals surface area contributed by atoms with E-state index in [-0.39, 0.29) is 41.8 Å². The van der Waals surface area contributed by atoms with Crippen LogP contribution in [0.2, 0.25) is 0 Å². The van der Waals surface area contributed by atoms with Gasteiger partial charge in [0.05, 0.1) is 44.1 Å². The zero-order valence-corrected chi connectivity index (χ0v) is 39.0. The highest BCUT2D eigenvalue weighted by Crippen LogP contribution is 2.76. The molecule has 5 aliphatic carbocycles. The molecule has 4 saturated carbocycles. The molecule has 3 saturated heterocycles. The first-order chi connectivity index (χ1) is 30.8. The van der Waals surface area contributed by atoms with E-state index >= 15 is 4.79 Å². The van der Waals surface area contributed by atoms with Gasteiger partial charge in [-0.2, -0.15) is 0 Å².